The number of rotatable bonds is 3. The molecule has 0 heterocycles. The molecule has 0 bridgehead atoms. The maximum absolute atomic E-state index is 5.03. The third-order valence-electron chi connectivity index (χ3n) is 0.748. The van der Waals surface area contributed by atoms with E-state index in [4.69, 9.17) is 4.74 Å². The Kier molecular flexibility index (Phi) is 4.97. The van der Waals surface area contributed by atoms with Crippen molar-refractivity contribution in [1.29, 1.82) is 0 Å². The van der Waals surface area contributed by atoms with Gasteiger partial charge in [0.25, 0.3) is 0 Å². The van der Waals surface area contributed by atoms with Gasteiger partial charge in [-0.05, 0) is 13.8 Å². The fourth-order valence-electron chi connectivity index (χ4n) is 0.432. The van der Waals surface area contributed by atoms with E-state index < -0.39 is 0 Å². The minimum Gasteiger partial charge on any atom is -0.480 e. The van der Waals surface area contributed by atoms with Crippen molar-refractivity contribution < 1.29 is 4.74 Å². The zero-order valence-electron chi connectivity index (χ0n) is 6.27. The quantitative estimate of drug-likeness (QED) is 0.351. The summed E-state index contributed by atoms with van der Waals surface area (Å²) < 4.78 is 5.03. The first-order chi connectivity index (χ1) is 4.31. The molecule has 1 N–H and O–H groups in total. The summed E-state index contributed by atoms with van der Waals surface area (Å²) in [7, 11) is 0. The van der Waals surface area contributed by atoms with Gasteiger partial charge >= 0.3 is 0 Å². The van der Waals surface area contributed by atoms with Crippen molar-refractivity contribution in [2.24, 2.45) is 5.10 Å². The van der Waals surface area contributed by atoms with Gasteiger partial charge < -0.3 is 10.2 Å². The Hall–Kier alpha value is -0.730. The smallest absolute Gasteiger partial charge is 0.202 e. The summed E-state index contributed by atoms with van der Waals surface area (Å²) in [6.45, 7) is 7.27. The molecule has 3 heteroatoms. The van der Waals surface area contributed by atoms with Crippen molar-refractivity contribution in [2.75, 3.05) is 13.2 Å². The van der Waals surface area contributed by atoms with E-state index in [1.807, 2.05) is 20.8 Å². The van der Waals surface area contributed by atoms with Crippen molar-refractivity contribution in [3.8, 4) is 0 Å². The minimum absolute atomic E-state index is 0.681. The molecule has 0 aromatic rings. The molecule has 0 fully saturated rings. The van der Waals surface area contributed by atoms with Gasteiger partial charge in [0.05, 0.1) is 6.61 Å². The number of nitrogens with one attached hydrogen (secondary N) is 1. The molecule has 0 aliphatic rings. The molecule has 0 aromatic carbocycles. The molecule has 3 nitrogen and oxygen atoms in total. The second kappa shape index (κ2) is 5.41. The molecule has 0 rings (SSSR count). The third-order valence-corrected chi connectivity index (χ3v) is 0.748. The van der Waals surface area contributed by atoms with Crippen LogP contribution < -0.4 is 5.43 Å². The van der Waals surface area contributed by atoms with Gasteiger partial charge in [-0.2, -0.15) is 0 Å². The maximum Gasteiger partial charge on any atom is 0.202 e. The zero-order valence-corrected chi connectivity index (χ0v) is 6.27. The van der Waals surface area contributed by atoms with Gasteiger partial charge in [-0.1, -0.05) is 0 Å². The standard InChI is InChI=1S/C6H14N2O/c1-4-7-8-6(3)9-5-2/h7H,4-5H2,1-3H3/b8-6-. The van der Waals surface area contributed by atoms with E-state index in [1.54, 1.807) is 0 Å². The summed E-state index contributed by atoms with van der Waals surface area (Å²) in [4.78, 5) is 0. The van der Waals surface area contributed by atoms with Crippen LogP contribution in [0.5, 0.6) is 0 Å². The molecule has 0 saturated heterocycles. The van der Waals surface area contributed by atoms with Gasteiger partial charge in [0.2, 0.25) is 5.90 Å². The lowest BCUT2D eigenvalue weighted by Gasteiger charge is -2.00. The molecule has 0 aromatic heterocycles. The molecule has 9 heavy (non-hydrogen) atoms. The Morgan fingerprint density at radius 2 is 2.22 bits per heavy atom. The topological polar surface area (TPSA) is 33.6 Å². The Morgan fingerprint density at radius 1 is 1.56 bits per heavy atom. The first-order valence-corrected chi connectivity index (χ1v) is 3.21. The predicted octanol–water partition coefficient (Wildman–Crippen LogP) is 0.966. The molecule has 0 unspecified atom stereocenters. The summed E-state index contributed by atoms with van der Waals surface area (Å²) in [5.41, 5.74) is 2.80. The van der Waals surface area contributed by atoms with E-state index in [9.17, 15) is 0 Å². The van der Waals surface area contributed by atoms with E-state index in [0.29, 0.717) is 12.5 Å². The van der Waals surface area contributed by atoms with Gasteiger partial charge in [0.15, 0.2) is 0 Å². The van der Waals surface area contributed by atoms with Crippen LogP contribution in [0.25, 0.3) is 0 Å². The summed E-state index contributed by atoms with van der Waals surface area (Å²) in [6, 6.07) is 0. The summed E-state index contributed by atoms with van der Waals surface area (Å²) >= 11 is 0. The van der Waals surface area contributed by atoms with Crippen molar-refractivity contribution in [2.45, 2.75) is 20.8 Å². The van der Waals surface area contributed by atoms with Crippen LogP contribution in [-0.4, -0.2) is 19.0 Å². The molecule has 0 amide bonds. The molecule has 0 aliphatic heterocycles. The lowest BCUT2D eigenvalue weighted by Crippen LogP contribution is -2.09. The maximum atomic E-state index is 5.03. The van der Waals surface area contributed by atoms with Gasteiger partial charge in [0.1, 0.15) is 0 Å². The van der Waals surface area contributed by atoms with Gasteiger partial charge in [-0.3, -0.25) is 0 Å². The van der Waals surface area contributed by atoms with Crippen LogP contribution in [0.4, 0.5) is 0 Å². The first kappa shape index (κ1) is 8.27. The van der Waals surface area contributed by atoms with E-state index >= 15 is 0 Å². The second-order valence-electron chi connectivity index (χ2n) is 1.58. The van der Waals surface area contributed by atoms with Crippen molar-refractivity contribution >= 4 is 5.90 Å². The minimum atomic E-state index is 0.681. The summed E-state index contributed by atoms with van der Waals surface area (Å²) in [6.07, 6.45) is 0. The van der Waals surface area contributed by atoms with Gasteiger partial charge in [0, 0.05) is 13.5 Å². The molecule has 0 atom stereocenters. The van der Waals surface area contributed by atoms with Crippen molar-refractivity contribution in [3.63, 3.8) is 0 Å². The second-order valence-corrected chi connectivity index (χ2v) is 1.58. The van der Waals surface area contributed by atoms with E-state index in [-0.39, 0.29) is 0 Å². The Balaban J connectivity index is 3.30. The van der Waals surface area contributed by atoms with Crippen LogP contribution >= 0.6 is 0 Å². The molecule has 0 spiro atoms. The van der Waals surface area contributed by atoms with Crippen LogP contribution in [0, 0.1) is 0 Å². The molecule has 0 aliphatic carbocycles. The zero-order chi connectivity index (χ0) is 7.11. The molecular formula is C6H14N2O. The SMILES string of the molecule is CCN/N=C(/C)OCC. The highest BCUT2D eigenvalue weighted by Gasteiger charge is 1.84. The lowest BCUT2D eigenvalue weighted by molar-refractivity contribution is 0.320. The number of nitrogens with zero attached hydrogens (tertiary/aromatic N) is 1. The molecule has 0 radical (unpaired) electrons. The Morgan fingerprint density at radius 3 is 2.67 bits per heavy atom. The van der Waals surface area contributed by atoms with Crippen molar-refractivity contribution in [3.05, 3.63) is 0 Å². The highest BCUT2D eigenvalue weighted by atomic mass is 16.5. The monoisotopic (exact) mass is 130 g/mol. The fourth-order valence-corrected chi connectivity index (χ4v) is 0.432. The number of ether oxygens (including phenoxy) is 1. The normalized spacial score (nSPS) is 11.2. The summed E-state index contributed by atoms with van der Waals surface area (Å²) in [5.74, 6) is 0.694. The average Bonchev–Trinajstić information content (AvgIpc) is 1.85. The van der Waals surface area contributed by atoms with E-state index in [0.717, 1.165) is 6.54 Å². The Bertz CT molecular complexity index is 91.1. The van der Waals surface area contributed by atoms with E-state index in [2.05, 4.69) is 10.5 Å². The van der Waals surface area contributed by atoms with Crippen LogP contribution in [0.15, 0.2) is 5.10 Å². The van der Waals surface area contributed by atoms with E-state index in [1.165, 1.54) is 0 Å². The van der Waals surface area contributed by atoms with Gasteiger partial charge in [-0.15, -0.1) is 5.10 Å². The number of hydrogen-bond donors (Lipinski definition) is 1. The van der Waals surface area contributed by atoms with Gasteiger partial charge in [-0.25, -0.2) is 0 Å². The van der Waals surface area contributed by atoms with Crippen molar-refractivity contribution in [1.82, 2.24) is 5.43 Å². The van der Waals surface area contributed by atoms with Crippen LogP contribution in [0.3, 0.4) is 0 Å². The summed E-state index contributed by atoms with van der Waals surface area (Å²) in [5, 5.41) is 3.88. The lowest BCUT2D eigenvalue weighted by atomic mass is 10.7. The number of hydrazone groups is 1. The Labute approximate surface area is 56.1 Å². The third kappa shape index (κ3) is 5.14. The first-order valence-electron chi connectivity index (χ1n) is 3.21. The fraction of sp³-hybridized carbons (Fsp3) is 0.833. The van der Waals surface area contributed by atoms with Crippen LogP contribution in [0.1, 0.15) is 20.8 Å². The van der Waals surface area contributed by atoms with Crippen LogP contribution in [0.2, 0.25) is 0 Å². The van der Waals surface area contributed by atoms with Crippen LogP contribution in [-0.2, 0) is 4.74 Å². The highest BCUT2D eigenvalue weighted by molar-refractivity contribution is 5.72. The molecular weight excluding hydrogens is 116 g/mol. The molecule has 0 saturated carbocycles. The highest BCUT2D eigenvalue weighted by Crippen LogP contribution is 1.77. The largest absolute Gasteiger partial charge is 0.480 e. The number of hydrogen-bond acceptors (Lipinski definition) is 3. The molecule has 54 valence electrons. The average molecular weight is 130 g/mol. The predicted molar refractivity (Wildman–Crippen MR) is 38.4 cm³/mol.